The molecule has 142 valence electrons. The molecule has 6 nitrogen and oxygen atoms in total. The lowest BCUT2D eigenvalue weighted by Gasteiger charge is -2.26. The van der Waals surface area contributed by atoms with Crippen LogP contribution in [0.2, 0.25) is 0 Å². The molecule has 0 saturated carbocycles. The number of halogens is 1. The van der Waals surface area contributed by atoms with Crippen molar-refractivity contribution in [3.05, 3.63) is 65.5 Å². The molecule has 0 saturated heterocycles. The Bertz CT molecular complexity index is 834. The van der Waals surface area contributed by atoms with E-state index in [0.717, 1.165) is 0 Å². The number of carboxylic acid groups (broad SMARTS) is 1. The van der Waals surface area contributed by atoms with Crippen LogP contribution in [0.5, 0.6) is 0 Å². The number of anilines is 1. The molecule has 0 atom stereocenters. The highest BCUT2D eigenvalue weighted by Crippen LogP contribution is 2.11. The van der Waals surface area contributed by atoms with Crippen molar-refractivity contribution in [1.29, 1.82) is 0 Å². The molecule has 0 aliphatic heterocycles. The van der Waals surface area contributed by atoms with Gasteiger partial charge in [0.2, 0.25) is 11.8 Å². The van der Waals surface area contributed by atoms with Gasteiger partial charge in [-0.05, 0) is 55.8 Å². The molecular weight excluding hydrogens is 351 g/mol. The Balaban J connectivity index is 2.04. The molecule has 0 aromatic heterocycles. The number of carboxylic acids is 1. The second-order valence-corrected chi connectivity index (χ2v) is 6.35. The van der Waals surface area contributed by atoms with Gasteiger partial charge in [-0.1, -0.05) is 12.1 Å². The highest BCUT2D eigenvalue weighted by atomic mass is 19.1. The van der Waals surface area contributed by atoms with Crippen molar-refractivity contribution in [2.24, 2.45) is 0 Å². The molecule has 0 spiro atoms. The van der Waals surface area contributed by atoms with Crippen LogP contribution in [0.15, 0.2) is 48.5 Å². The molecule has 2 aromatic rings. The van der Waals surface area contributed by atoms with Crippen LogP contribution in [0, 0.1) is 5.82 Å². The average molecular weight is 372 g/mol. The Morgan fingerprint density at radius 2 is 1.78 bits per heavy atom. The van der Waals surface area contributed by atoms with Gasteiger partial charge in [0.1, 0.15) is 12.4 Å². The van der Waals surface area contributed by atoms with E-state index < -0.39 is 17.7 Å². The summed E-state index contributed by atoms with van der Waals surface area (Å²) >= 11 is 0. The van der Waals surface area contributed by atoms with E-state index in [1.165, 1.54) is 41.3 Å². The third kappa shape index (κ3) is 5.91. The van der Waals surface area contributed by atoms with Crippen molar-refractivity contribution in [1.82, 2.24) is 4.90 Å². The summed E-state index contributed by atoms with van der Waals surface area (Å²) in [5.74, 6) is -2.16. The SMILES string of the molecule is CC(C)N(CC(=O)Nc1ccc(F)cc1)C(=O)Cc1cccc(C(=O)O)c1. The van der Waals surface area contributed by atoms with E-state index in [0.29, 0.717) is 11.3 Å². The molecule has 0 aliphatic carbocycles. The van der Waals surface area contributed by atoms with Gasteiger partial charge in [-0.3, -0.25) is 9.59 Å². The normalized spacial score (nSPS) is 10.5. The first-order valence-electron chi connectivity index (χ1n) is 8.43. The Morgan fingerprint density at radius 1 is 1.11 bits per heavy atom. The summed E-state index contributed by atoms with van der Waals surface area (Å²) in [6.45, 7) is 3.42. The predicted molar refractivity (Wildman–Crippen MR) is 99.0 cm³/mol. The molecule has 2 rings (SSSR count). The number of aromatic carboxylic acids is 1. The van der Waals surface area contributed by atoms with E-state index in [9.17, 15) is 18.8 Å². The lowest BCUT2D eigenvalue weighted by molar-refractivity contribution is -0.135. The van der Waals surface area contributed by atoms with E-state index in [4.69, 9.17) is 5.11 Å². The Kier molecular flexibility index (Phi) is 6.65. The maximum Gasteiger partial charge on any atom is 0.335 e. The predicted octanol–water partition coefficient (Wildman–Crippen LogP) is 2.94. The Morgan fingerprint density at radius 3 is 2.37 bits per heavy atom. The van der Waals surface area contributed by atoms with Crippen molar-refractivity contribution in [3.8, 4) is 0 Å². The van der Waals surface area contributed by atoms with Crippen LogP contribution >= 0.6 is 0 Å². The standard InChI is InChI=1S/C20H21FN2O4/c1-13(2)23(12-18(24)22-17-8-6-16(21)7-9-17)19(25)11-14-4-3-5-15(10-14)20(26)27/h3-10,13H,11-12H2,1-2H3,(H,22,24)(H,26,27). The van der Waals surface area contributed by atoms with E-state index in [-0.39, 0.29) is 30.5 Å². The fourth-order valence-corrected chi connectivity index (χ4v) is 2.54. The number of carbonyl (C=O) groups excluding carboxylic acids is 2. The smallest absolute Gasteiger partial charge is 0.335 e. The number of nitrogens with zero attached hydrogens (tertiary/aromatic N) is 1. The number of carbonyl (C=O) groups is 3. The van der Waals surface area contributed by atoms with Crippen molar-refractivity contribution >= 4 is 23.5 Å². The van der Waals surface area contributed by atoms with Crippen molar-refractivity contribution < 1.29 is 23.9 Å². The molecule has 2 N–H and O–H groups in total. The molecule has 7 heteroatoms. The molecule has 2 amide bonds. The second-order valence-electron chi connectivity index (χ2n) is 6.35. The fraction of sp³-hybridized carbons (Fsp3) is 0.250. The molecule has 0 radical (unpaired) electrons. The van der Waals surface area contributed by atoms with Gasteiger partial charge in [0.25, 0.3) is 0 Å². The van der Waals surface area contributed by atoms with E-state index in [1.54, 1.807) is 26.0 Å². The Labute approximate surface area is 156 Å². The Hall–Kier alpha value is -3.22. The average Bonchev–Trinajstić information content (AvgIpc) is 2.61. The minimum absolute atomic E-state index is 0.0108. The van der Waals surface area contributed by atoms with Crippen LogP contribution in [0.25, 0.3) is 0 Å². The van der Waals surface area contributed by atoms with Crippen LogP contribution in [0.3, 0.4) is 0 Å². The molecule has 2 aromatic carbocycles. The van der Waals surface area contributed by atoms with Gasteiger partial charge in [-0.25, -0.2) is 9.18 Å². The summed E-state index contributed by atoms with van der Waals surface area (Å²) in [6, 6.07) is 11.3. The van der Waals surface area contributed by atoms with Gasteiger partial charge in [0, 0.05) is 11.7 Å². The second kappa shape index (κ2) is 8.93. The van der Waals surface area contributed by atoms with Crippen molar-refractivity contribution in [2.75, 3.05) is 11.9 Å². The van der Waals surface area contributed by atoms with E-state index in [1.807, 2.05) is 0 Å². The maximum absolute atomic E-state index is 12.9. The zero-order valence-electron chi connectivity index (χ0n) is 15.1. The highest BCUT2D eigenvalue weighted by Gasteiger charge is 2.21. The summed E-state index contributed by atoms with van der Waals surface area (Å²) in [5.41, 5.74) is 1.10. The maximum atomic E-state index is 12.9. The first-order valence-corrected chi connectivity index (χ1v) is 8.43. The third-order valence-electron chi connectivity index (χ3n) is 3.91. The molecule has 27 heavy (non-hydrogen) atoms. The summed E-state index contributed by atoms with van der Waals surface area (Å²) < 4.78 is 12.9. The molecule has 0 heterocycles. The third-order valence-corrected chi connectivity index (χ3v) is 3.91. The first kappa shape index (κ1) is 20.1. The minimum Gasteiger partial charge on any atom is -0.478 e. The van der Waals surface area contributed by atoms with Crippen LogP contribution < -0.4 is 5.32 Å². The zero-order valence-corrected chi connectivity index (χ0v) is 15.1. The first-order chi connectivity index (χ1) is 12.8. The van der Waals surface area contributed by atoms with E-state index in [2.05, 4.69) is 5.32 Å². The van der Waals surface area contributed by atoms with Gasteiger partial charge >= 0.3 is 5.97 Å². The summed E-state index contributed by atoms with van der Waals surface area (Å²) in [6.07, 6.45) is -0.0108. The number of benzene rings is 2. The highest BCUT2D eigenvalue weighted by molar-refractivity contribution is 5.95. The molecule has 0 aliphatic rings. The molecule has 0 bridgehead atoms. The van der Waals surface area contributed by atoms with Crippen molar-refractivity contribution in [3.63, 3.8) is 0 Å². The van der Waals surface area contributed by atoms with Gasteiger partial charge in [0.05, 0.1) is 12.0 Å². The quantitative estimate of drug-likeness (QED) is 0.782. The van der Waals surface area contributed by atoms with Gasteiger partial charge in [-0.15, -0.1) is 0 Å². The molecular formula is C20H21FN2O4. The van der Waals surface area contributed by atoms with Crippen LogP contribution in [0.1, 0.15) is 29.8 Å². The number of hydrogen-bond donors (Lipinski definition) is 2. The molecule has 0 fully saturated rings. The summed E-state index contributed by atoms with van der Waals surface area (Å²) in [5, 5.41) is 11.7. The largest absolute Gasteiger partial charge is 0.478 e. The number of rotatable bonds is 7. The van der Waals surface area contributed by atoms with Gasteiger partial charge in [0.15, 0.2) is 0 Å². The van der Waals surface area contributed by atoms with Crippen molar-refractivity contribution in [2.45, 2.75) is 26.3 Å². The summed E-state index contributed by atoms with van der Waals surface area (Å²) in [7, 11) is 0. The van der Waals surface area contributed by atoms with E-state index >= 15 is 0 Å². The zero-order chi connectivity index (χ0) is 20.0. The number of hydrogen-bond acceptors (Lipinski definition) is 3. The lowest BCUT2D eigenvalue weighted by atomic mass is 10.1. The summed E-state index contributed by atoms with van der Waals surface area (Å²) in [4.78, 5) is 37.3. The van der Waals surface area contributed by atoms with Gasteiger partial charge < -0.3 is 15.3 Å². The van der Waals surface area contributed by atoms with Crippen LogP contribution in [-0.2, 0) is 16.0 Å². The minimum atomic E-state index is -1.07. The number of amides is 2. The topological polar surface area (TPSA) is 86.7 Å². The monoisotopic (exact) mass is 372 g/mol. The fourth-order valence-electron chi connectivity index (χ4n) is 2.54. The lowest BCUT2D eigenvalue weighted by Crippen LogP contribution is -2.43. The van der Waals surface area contributed by atoms with Crippen LogP contribution in [0.4, 0.5) is 10.1 Å². The number of nitrogens with one attached hydrogen (secondary N) is 1. The molecule has 0 unspecified atom stereocenters. The van der Waals surface area contributed by atoms with Gasteiger partial charge in [-0.2, -0.15) is 0 Å². The van der Waals surface area contributed by atoms with Crippen LogP contribution in [-0.4, -0.2) is 40.4 Å².